The number of H-pyrrole nitrogens is 1. The Balaban J connectivity index is 1.85. The number of carbonyl (C=O) groups is 1. The predicted octanol–water partition coefficient (Wildman–Crippen LogP) is 2.71. The van der Waals surface area contributed by atoms with Gasteiger partial charge in [-0.1, -0.05) is 31.7 Å². The maximum atomic E-state index is 11.9. The van der Waals surface area contributed by atoms with E-state index in [0.29, 0.717) is 17.6 Å². The molecule has 0 unspecified atom stereocenters. The van der Waals surface area contributed by atoms with Crippen molar-refractivity contribution in [3.8, 4) is 0 Å². The Morgan fingerprint density at radius 2 is 2.29 bits per heavy atom. The molecule has 0 saturated heterocycles. The SMILES string of the molecule is CC(C)CNC(=O)[C@@H](C)Sc1n[nH]c(Cc2cccs2)n1. The molecule has 0 aliphatic rings. The van der Waals surface area contributed by atoms with E-state index < -0.39 is 0 Å². The predicted molar refractivity (Wildman–Crippen MR) is 86.7 cm³/mol. The monoisotopic (exact) mass is 324 g/mol. The summed E-state index contributed by atoms with van der Waals surface area (Å²) in [6.07, 6.45) is 0.749. The maximum absolute atomic E-state index is 11.9. The van der Waals surface area contributed by atoms with E-state index in [1.54, 1.807) is 11.3 Å². The van der Waals surface area contributed by atoms with Crippen LogP contribution < -0.4 is 5.32 Å². The van der Waals surface area contributed by atoms with Crippen LogP contribution in [0.3, 0.4) is 0 Å². The van der Waals surface area contributed by atoms with E-state index >= 15 is 0 Å². The van der Waals surface area contributed by atoms with Gasteiger partial charge in [0.25, 0.3) is 0 Å². The lowest BCUT2D eigenvalue weighted by Crippen LogP contribution is -2.33. The number of amides is 1. The normalized spacial score (nSPS) is 12.6. The van der Waals surface area contributed by atoms with Crippen LogP contribution in [0.2, 0.25) is 0 Å². The van der Waals surface area contributed by atoms with Crippen LogP contribution >= 0.6 is 23.1 Å². The lowest BCUT2D eigenvalue weighted by atomic mass is 10.2. The molecule has 0 fully saturated rings. The van der Waals surface area contributed by atoms with Crippen LogP contribution in [0.25, 0.3) is 0 Å². The third-order valence-electron chi connectivity index (χ3n) is 2.77. The minimum atomic E-state index is -0.200. The van der Waals surface area contributed by atoms with Crippen LogP contribution in [0.5, 0.6) is 0 Å². The van der Waals surface area contributed by atoms with Gasteiger partial charge in [-0.3, -0.25) is 9.89 Å². The Labute approximate surface area is 132 Å². The van der Waals surface area contributed by atoms with E-state index in [-0.39, 0.29) is 11.2 Å². The highest BCUT2D eigenvalue weighted by Crippen LogP contribution is 2.20. The second-order valence-electron chi connectivity index (χ2n) is 5.22. The molecule has 0 aromatic carbocycles. The van der Waals surface area contributed by atoms with Gasteiger partial charge in [0.05, 0.1) is 5.25 Å². The number of nitrogens with one attached hydrogen (secondary N) is 2. The number of thiophene rings is 1. The second-order valence-corrected chi connectivity index (χ2v) is 7.56. The molecule has 21 heavy (non-hydrogen) atoms. The first kappa shape index (κ1) is 16.0. The van der Waals surface area contributed by atoms with Gasteiger partial charge in [-0.2, -0.15) is 0 Å². The summed E-state index contributed by atoms with van der Waals surface area (Å²) in [6, 6.07) is 4.09. The zero-order valence-corrected chi connectivity index (χ0v) is 14.1. The highest BCUT2D eigenvalue weighted by molar-refractivity contribution is 8.00. The zero-order valence-electron chi connectivity index (χ0n) is 12.4. The molecule has 7 heteroatoms. The molecule has 2 aromatic heterocycles. The summed E-state index contributed by atoms with van der Waals surface area (Å²) in [5.41, 5.74) is 0. The van der Waals surface area contributed by atoms with Crippen LogP contribution in [-0.4, -0.2) is 32.9 Å². The Bertz CT molecular complexity index is 565. The smallest absolute Gasteiger partial charge is 0.233 e. The maximum Gasteiger partial charge on any atom is 0.233 e. The quantitative estimate of drug-likeness (QED) is 0.768. The van der Waals surface area contributed by atoms with E-state index in [4.69, 9.17) is 0 Å². The summed E-state index contributed by atoms with van der Waals surface area (Å²) >= 11 is 3.07. The van der Waals surface area contributed by atoms with Crippen molar-refractivity contribution in [2.75, 3.05) is 6.54 Å². The zero-order chi connectivity index (χ0) is 15.2. The van der Waals surface area contributed by atoms with E-state index in [2.05, 4.69) is 40.4 Å². The molecule has 0 bridgehead atoms. The van der Waals surface area contributed by atoms with Crippen LogP contribution in [-0.2, 0) is 11.2 Å². The molecule has 2 N–H and O–H groups in total. The van der Waals surface area contributed by atoms with Crippen molar-refractivity contribution < 1.29 is 4.79 Å². The summed E-state index contributed by atoms with van der Waals surface area (Å²) < 4.78 is 0. The number of hydrogen-bond donors (Lipinski definition) is 2. The van der Waals surface area contributed by atoms with Gasteiger partial charge in [-0.25, -0.2) is 4.98 Å². The van der Waals surface area contributed by atoms with Crippen LogP contribution in [0, 0.1) is 5.92 Å². The minimum Gasteiger partial charge on any atom is -0.355 e. The van der Waals surface area contributed by atoms with Gasteiger partial charge in [0.1, 0.15) is 5.82 Å². The molecule has 1 atom stereocenters. The van der Waals surface area contributed by atoms with Crippen molar-refractivity contribution in [3.05, 3.63) is 28.2 Å². The number of carbonyl (C=O) groups excluding carboxylic acids is 1. The van der Waals surface area contributed by atoms with E-state index in [9.17, 15) is 4.79 Å². The summed E-state index contributed by atoms with van der Waals surface area (Å²) in [4.78, 5) is 17.6. The van der Waals surface area contributed by atoms with Gasteiger partial charge in [0.2, 0.25) is 11.1 Å². The first-order valence-corrected chi connectivity index (χ1v) is 8.68. The number of nitrogens with zero attached hydrogens (tertiary/aromatic N) is 2. The topological polar surface area (TPSA) is 70.7 Å². The Morgan fingerprint density at radius 1 is 1.48 bits per heavy atom. The highest BCUT2D eigenvalue weighted by atomic mass is 32.2. The molecule has 0 radical (unpaired) electrons. The van der Waals surface area contributed by atoms with Gasteiger partial charge >= 0.3 is 0 Å². The minimum absolute atomic E-state index is 0.0262. The fourth-order valence-electron chi connectivity index (χ4n) is 1.65. The third kappa shape index (κ3) is 5.17. The fourth-order valence-corrected chi connectivity index (χ4v) is 3.12. The van der Waals surface area contributed by atoms with E-state index in [1.165, 1.54) is 16.6 Å². The van der Waals surface area contributed by atoms with Crippen LogP contribution in [0.15, 0.2) is 22.7 Å². The summed E-state index contributed by atoms with van der Waals surface area (Å²) in [5.74, 6) is 1.31. The molecule has 0 saturated carbocycles. The molecule has 2 aromatic rings. The molecule has 0 spiro atoms. The molecule has 5 nitrogen and oxygen atoms in total. The second kappa shape index (κ2) is 7.61. The summed E-state index contributed by atoms with van der Waals surface area (Å²) in [7, 11) is 0. The summed E-state index contributed by atoms with van der Waals surface area (Å²) in [6.45, 7) is 6.71. The van der Waals surface area contributed by atoms with E-state index in [0.717, 1.165) is 12.2 Å². The van der Waals surface area contributed by atoms with Crippen molar-refractivity contribution in [2.45, 2.75) is 37.6 Å². The van der Waals surface area contributed by atoms with Crippen molar-refractivity contribution in [2.24, 2.45) is 5.92 Å². The van der Waals surface area contributed by atoms with Gasteiger partial charge < -0.3 is 5.32 Å². The van der Waals surface area contributed by atoms with Gasteiger partial charge in [0.15, 0.2) is 0 Å². The molecular formula is C14H20N4OS2. The molecule has 1 amide bonds. The lowest BCUT2D eigenvalue weighted by Gasteiger charge is -2.11. The van der Waals surface area contributed by atoms with Gasteiger partial charge in [0, 0.05) is 17.8 Å². The highest BCUT2D eigenvalue weighted by Gasteiger charge is 2.17. The van der Waals surface area contributed by atoms with Crippen LogP contribution in [0.1, 0.15) is 31.5 Å². The Morgan fingerprint density at radius 3 is 2.95 bits per heavy atom. The first-order valence-electron chi connectivity index (χ1n) is 6.92. The third-order valence-corrected chi connectivity index (χ3v) is 4.61. The standard InChI is InChI=1S/C14H20N4OS2/c1-9(2)8-15-13(19)10(3)21-14-16-12(17-18-14)7-11-5-4-6-20-11/h4-6,9-10H,7-8H2,1-3H3,(H,15,19)(H,16,17,18)/t10-/m1/s1. The lowest BCUT2D eigenvalue weighted by molar-refractivity contribution is -0.120. The molecule has 0 aliphatic heterocycles. The number of aromatic amines is 1. The molecule has 0 aliphatic carbocycles. The van der Waals surface area contributed by atoms with Crippen molar-refractivity contribution in [1.29, 1.82) is 0 Å². The Hall–Kier alpha value is -1.34. The Kier molecular flexibility index (Phi) is 5.81. The van der Waals surface area contributed by atoms with Crippen molar-refractivity contribution in [1.82, 2.24) is 20.5 Å². The van der Waals surface area contributed by atoms with Gasteiger partial charge in [-0.15, -0.1) is 16.4 Å². The van der Waals surface area contributed by atoms with Gasteiger partial charge in [-0.05, 0) is 24.3 Å². The van der Waals surface area contributed by atoms with Crippen molar-refractivity contribution >= 4 is 29.0 Å². The number of rotatable bonds is 7. The molecule has 2 heterocycles. The molecular weight excluding hydrogens is 304 g/mol. The number of thioether (sulfide) groups is 1. The average molecular weight is 324 g/mol. The fraction of sp³-hybridized carbons (Fsp3) is 0.500. The average Bonchev–Trinajstić information content (AvgIpc) is 3.08. The first-order chi connectivity index (χ1) is 10.0. The van der Waals surface area contributed by atoms with E-state index in [1.807, 2.05) is 18.4 Å². The molecule has 114 valence electrons. The largest absolute Gasteiger partial charge is 0.355 e. The van der Waals surface area contributed by atoms with Crippen LogP contribution in [0.4, 0.5) is 0 Å². The van der Waals surface area contributed by atoms with Crippen molar-refractivity contribution in [3.63, 3.8) is 0 Å². The number of aromatic nitrogens is 3. The number of hydrogen-bond acceptors (Lipinski definition) is 5. The molecule has 2 rings (SSSR count). The summed E-state index contributed by atoms with van der Waals surface area (Å²) in [5, 5.41) is 12.5.